The maximum Gasteiger partial charge on any atom is 0.224 e. The zero-order valence-electron chi connectivity index (χ0n) is 11.3. The number of rotatable bonds is 0. The zero-order chi connectivity index (χ0) is 15.0. The Morgan fingerprint density at radius 3 is 2.71 bits per heavy atom. The molecule has 0 bridgehead atoms. The molecule has 3 rings (SSSR count). The molecule has 0 aliphatic carbocycles. The largest absolute Gasteiger partial charge is 0.308 e. The van der Waals surface area contributed by atoms with Crippen molar-refractivity contribution >= 4 is 46.9 Å². The monoisotopic (exact) mass is 318 g/mol. The van der Waals surface area contributed by atoms with Crippen LogP contribution in [0.1, 0.15) is 23.6 Å². The normalized spacial score (nSPS) is 14.7. The Balaban J connectivity index is 2.21. The quantitative estimate of drug-likeness (QED) is 0.673. The van der Waals surface area contributed by atoms with Gasteiger partial charge in [-0.2, -0.15) is 0 Å². The van der Waals surface area contributed by atoms with Gasteiger partial charge < -0.3 is 4.90 Å². The van der Waals surface area contributed by atoms with E-state index in [4.69, 9.17) is 23.2 Å². The second-order valence-electron chi connectivity index (χ2n) is 4.85. The number of fused-ring (bicyclic) bond motifs is 2. The van der Waals surface area contributed by atoms with Gasteiger partial charge in [-0.05, 0) is 34.9 Å². The number of halogens is 2. The summed E-state index contributed by atoms with van der Waals surface area (Å²) in [5, 5.41) is 1.01. The van der Waals surface area contributed by atoms with Crippen molar-refractivity contribution in [3.8, 4) is 0 Å². The van der Waals surface area contributed by atoms with E-state index < -0.39 is 0 Å². The van der Waals surface area contributed by atoms with E-state index in [0.717, 1.165) is 22.4 Å². The highest BCUT2D eigenvalue weighted by atomic mass is 35.5. The average Bonchev–Trinajstić information content (AvgIpc) is 2.42. The lowest BCUT2D eigenvalue weighted by atomic mass is 10.0. The summed E-state index contributed by atoms with van der Waals surface area (Å²) in [4.78, 5) is 17.8. The van der Waals surface area contributed by atoms with Crippen LogP contribution < -0.4 is 4.90 Å². The summed E-state index contributed by atoms with van der Waals surface area (Å²) in [6.45, 7) is 1.98. The minimum absolute atomic E-state index is 0.0484. The van der Waals surface area contributed by atoms with Gasteiger partial charge in [0.25, 0.3) is 0 Å². The number of anilines is 1. The molecule has 1 aromatic carbocycles. The van der Waals surface area contributed by atoms with Gasteiger partial charge in [-0.15, -0.1) is 0 Å². The van der Waals surface area contributed by atoms with Crippen molar-refractivity contribution in [1.82, 2.24) is 4.98 Å². The number of nitrogens with zero attached hydrogens (tertiary/aromatic N) is 2. The molecule has 0 unspecified atom stereocenters. The summed E-state index contributed by atoms with van der Waals surface area (Å²) in [7, 11) is 0. The average molecular weight is 319 g/mol. The first-order valence-corrected chi connectivity index (χ1v) is 7.20. The van der Waals surface area contributed by atoms with E-state index in [2.05, 4.69) is 4.98 Å². The van der Waals surface area contributed by atoms with Crippen LogP contribution >= 0.6 is 23.2 Å². The van der Waals surface area contributed by atoms with Crippen LogP contribution in [0.25, 0.3) is 12.2 Å². The van der Waals surface area contributed by atoms with Crippen molar-refractivity contribution in [1.29, 1.82) is 0 Å². The molecule has 1 aliphatic heterocycles. The summed E-state index contributed by atoms with van der Waals surface area (Å²) in [6, 6.07) is 7.30. The Kier molecular flexibility index (Phi) is 3.70. The van der Waals surface area contributed by atoms with Gasteiger partial charge in [0.05, 0.1) is 12.2 Å². The van der Waals surface area contributed by atoms with E-state index in [0.29, 0.717) is 16.7 Å². The summed E-state index contributed by atoms with van der Waals surface area (Å²) in [5.41, 5.74) is 3.64. The third-order valence-electron chi connectivity index (χ3n) is 3.43. The van der Waals surface area contributed by atoms with Crippen LogP contribution in [-0.4, -0.2) is 10.9 Å². The molecule has 21 heavy (non-hydrogen) atoms. The molecule has 3 nitrogen and oxygen atoms in total. The molecule has 0 saturated heterocycles. The van der Waals surface area contributed by atoms with Gasteiger partial charge in [0.15, 0.2) is 0 Å². The highest BCUT2D eigenvalue weighted by molar-refractivity contribution is 6.31. The third-order valence-corrected chi connectivity index (χ3v) is 3.87. The number of hydrogen-bond donors (Lipinski definition) is 0. The van der Waals surface area contributed by atoms with Gasteiger partial charge in [-0.1, -0.05) is 41.4 Å². The van der Waals surface area contributed by atoms with Gasteiger partial charge >= 0.3 is 0 Å². The van der Waals surface area contributed by atoms with Crippen molar-refractivity contribution < 1.29 is 4.79 Å². The summed E-state index contributed by atoms with van der Waals surface area (Å²) >= 11 is 12.0. The molecule has 1 amide bonds. The van der Waals surface area contributed by atoms with E-state index in [-0.39, 0.29) is 5.91 Å². The predicted octanol–water partition coefficient (Wildman–Crippen LogP) is 4.43. The van der Waals surface area contributed by atoms with Crippen LogP contribution in [0.4, 0.5) is 5.69 Å². The Bertz CT molecular complexity index is 756. The van der Waals surface area contributed by atoms with Crippen molar-refractivity contribution in [2.45, 2.75) is 13.5 Å². The fourth-order valence-corrected chi connectivity index (χ4v) is 2.72. The number of carbonyl (C=O) groups is 1. The summed E-state index contributed by atoms with van der Waals surface area (Å²) in [5.74, 6) is -0.0484. The number of carbonyl (C=O) groups excluding carboxylic acids is 1. The molecule has 5 heteroatoms. The predicted molar refractivity (Wildman–Crippen MR) is 86.5 cm³/mol. The molecule has 0 spiro atoms. The molecular weight excluding hydrogens is 307 g/mol. The Morgan fingerprint density at radius 2 is 1.95 bits per heavy atom. The molecule has 2 aromatic rings. The van der Waals surface area contributed by atoms with Crippen molar-refractivity contribution in [3.05, 3.63) is 57.3 Å². The van der Waals surface area contributed by atoms with Crippen LogP contribution in [0, 0.1) is 0 Å². The minimum Gasteiger partial charge on any atom is -0.308 e. The van der Waals surface area contributed by atoms with E-state index >= 15 is 0 Å². The highest BCUT2D eigenvalue weighted by Gasteiger charge is 2.19. The van der Waals surface area contributed by atoms with Crippen LogP contribution in [0.15, 0.2) is 30.5 Å². The van der Waals surface area contributed by atoms with Gasteiger partial charge in [0.1, 0.15) is 5.15 Å². The first-order valence-electron chi connectivity index (χ1n) is 6.45. The molecule has 1 aromatic heterocycles. The molecule has 0 fully saturated rings. The Morgan fingerprint density at radius 1 is 1.19 bits per heavy atom. The maximum atomic E-state index is 12.0. The van der Waals surface area contributed by atoms with Crippen molar-refractivity contribution in [2.24, 2.45) is 0 Å². The number of hydrogen-bond acceptors (Lipinski definition) is 2. The molecule has 0 saturated carbocycles. The molecule has 0 N–H and O–H groups in total. The number of aromatic nitrogens is 1. The third kappa shape index (κ3) is 2.80. The second kappa shape index (κ2) is 5.51. The Labute approximate surface area is 132 Å². The van der Waals surface area contributed by atoms with Gasteiger partial charge in [-0.3, -0.25) is 4.79 Å². The molecule has 2 heterocycles. The number of benzene rings is 1. The van der Waals surface area contributed by atoms with Crippen LogP contribution in [0.2, 0.25) is 10.2 Å². The maximum absolute atomic E-state index is 12.0. The molecule has 1 aliphatic rings. The molecule has 0 atom stereocenters. The molecule has 106 valence electrons. The van der Waals surface area contributed by atoms with Gasteiger partial charge in [0.2, 0.25) is 5.91 Å². The SMILES string of the molecule is CC(=O)N1Cc2cc(Cl)ncc2/C=C\c2ccc(Cl)cc21. The lowest BCUT2D eigenvalue weighted by Gasteiger charge is -2.26. The van der Waals surface area contributed by atoms with Gasteiger partial charge in [0, 0.05) is 18.1 Å². The molecular formula is C16H12Cl2N2O. The van der Waals surface area contributed by atoms with Crippen LogP contribution in [0.5, 0.6) is 0 Å². The second-order valence-corrected chi connectivity index (χ2v) is 5.67. The van der Waals surface area contributed by atoms with E-state index in [9.17, 15) is 4.79 Å². The summed E-state index contributed by atoms with van der Waals surface area (Å²) < 4.78 is 0. The Hall–Kier alpha value is -1.84. The number of amides is 1. The van der Waals surface area contributed by atoms with Crippen molar-refractivity contribution in [2.75, 3.05) is 4.90 Å². The van der Waals surface area contributed by atoms with E-state index in [1.165, 1.54) is 0 Å². The van der Waals surface area contributed by atoms with Crippen molar-refractivity contribution in [3.63, 3.8) is 0 Å². The zero-order valence-corrected chi connectivity index (χ0v) is 12.8. The first-order chi connectivity index (χ1) is 10.0. The van der Waals surface area contributed by atoms with Crippen LogP contribution in [0.3, 0.4) is 0 Å². The fraction of sp³-hybridized carbons (Fsp3) is 0.125. The van der Waals surface area contributed by atoms with Crippen LogP contribution in [-0.2, 0) is 11.3 Å². The fourth-order valence-electron chi connectivity index (χ4n) is 2.37. The van der Waals surface area contributed by atoms with E-state index in [1.807, 2.05) is 24.3 Å². The van der Waals surface area contributed by atoms with E-state index in [1.54, 1.807) is 30.2 Å². The standard InChI is InChI=1S/C16H12Cl2N2O/c1-10(21)20-9-13-6-16(18)19-8-12(13)3-2-11-4-5-14(17)7-15(11)20/h2-8H,9H2,1H3/b3-2-. The topological polar surface area (TPSA) is 33.2 Å². The smallest absolute Gasteiger partial charge is 0.224 e. The minimum atomic E-state index is -0.0484. The summed E-state index contributed by atoms with van der Waals surface area (Å²) in [6.07, 6.45) is 5.64. The number of pyridine rings is 1. The highest BCUT2D eigenvalue weighted by Crippen LogP contribution is 2.31. The lowest BCUT2D eigenvalue weighted by Crippen LogP contribution is -2.29. The lowest BCUT2D eigenvalue weighted by molar-refractivity contribution is -0.116. The van der Waals surface area contributed by atoms with Gasteiger partial charge in [-0.25, -0.2) is 4.98 Å². The molecule has 0 radical (unpaired) electrons. The first kappa shape index (κ1) is 14.1.